The van der Waals surface area contributed by atoms with Crippen molar-refractivity contribution in [2.45, 2.75) is 26.3 Å². The van der Waals surface area contributed by atoms with E-state index >= 15 is 0 Å². The number of furan rings is 1. The van der Waals surface area contributed by atoms with E-state index in [4.69, 9.17) is 4.42 Å². The zero-order valence-corrected chi connectivity index (χ0v) is 15.6. The number of para-hydroxylation sites is 1. The molecule has 144 valence electrons. The summed E-state index contributed by atoms with van der Waals surface area (Å²) in [5, 5.41) is 8.34. The number of carbonyl (C=O) groups is 2. The van der Waals surface area contributed by atoms with Crippen molar-refractivity contribution in [3.8, 4) is 0 Å². The van der Waals surface area contributed by atoms with Gasteiger partial charge >= 0.3 is 6.03 Å². The number of imidazole rings is 1. The van der Waals surface area contributed by atoms with Gasteiger partial charge in [-0.1, -0.05) is 12.1 Å². The van der Waals surface area contributed by atoms with Gasteiger partial charge in [0.15, 0.2) is 0 Å². The number of benzene rings is 1. The zero-order valence-electron chi connectivity index (χ0n) is 15.6. The molecule has 0 saturated carbocycles. The minimum absolute atomic E-state index is 0.247. The highest BCUT2D eigenvalue weighted by Crippen LogP contribution is 2.26. The van der Waals surface area contributed by atoms with Crippen LogP contribution >= 0.6 is 0 Å². The van der Waals surface area contributed by atoms with Crippen LogP contribution in [0, 0.1) is 6.92 Å². The number of allylic oxidation sites excluding steroid dienone is 1. The first kappa shape index (κ1) is 17.8. The van der Waals surface area contributed by atoms with Crippen LogP contribution in [0.3, 0.4) is 0 Å². The molecule has 8 heteroatoms. The third-order valence-electron chi connectivity index (χ3n) is 4.80. The molecule has 4 N–H and O–H groups in total. The number of aryl methyl sites for hydroxylation is 1. The Morgan fingerprint density at radius 1 is 1.29 bits per heavy atom. The van der Waals surface area contributed by atoms with Crippen LogP contribution < -0.4 is 16.0 Å². The lowest BCUT2D eigenvalue weighted by Crippen LogP contribution is -2.47. The van der Waals surface area contributed by atoms with E-state index in [1.54, 1.807) is 13.0 Å². The zero-order chi connectivity index (χ0) is 19.7. The Balaban J connectivity index is 1.46. The Morgan fingerprint density at radius 3 is 2.89 bits per heavy atom. The van der Waals surface area contributed by atoms with E-state index in [2.05, 4.69) is 25.9 Å². The maximum atomic E-state index is 12.8. The van der Waals surface area contributed by atoms with E-state index < -0.39 is 6.04 Å². The van der Waals surface area contributed by atoms with Crippen molar-refractivity contribution in [3.05, 3.63) is 65.0 Å². The largest absolute Gasteiger partial charge is 0.472 e. The van der Waals surface area contributed by atoms with Gasteiger partial charge in [-0.2, -0.15) is 0 Å². The van der Waals surface area contributed by atoms with Crippen molar-refractivity contribution in [2.75, 3.05) is 6.54 Å². The smallest absolute Gasteiger partial charge is 0.319 e. The van der Waals surface area contributed by atoms with Crippen molar-refractivity contribution in [2.24, 2.45) is 0 Å². The number of H-pyrrole nitrogens is 1. The lowest BCUT2D eigenvalue weighted by molar-refractivity contribution is -0.117. The van der Waals surface area contributed by atoms with E-state index in [1.165, 1.54) is 12.5 Å². The first-order chi connectivity index (χ1) is 13.5. The number of nitrogens with one attached hydrogen (secondary N) is 4. The van der Waals surface area contributed by atoms with E-state index in [-0.39, 0.29) is 11.9 Å². The molecule has 0 unspecified atom stereocenters. The lowest BCUT2D eigenvalue weighted by Gasteiger charge is -2.27. The van der Waals surface area contributed by atoms with E-state index in [9.17, 15) is 9.59 Å². The summed E-state index contributed by atoms with van der Waals surface area (Å²) < 4.78 is 5.11. The molecule has 0 bridgehead atoms. The normalized spacial score (nSPS) is 16.8. The fourth-order valence-corrected chi connectivity index (χ4v) is 3.42. The quantitative estimate of drug-likeness (QED) is 0.545. The van der Waals surface area contributed by atoms with Gasteiger partial charge < -0.3 is 25.4 Å². The van der Waals surface area contributed by atoms with Gasteiger partial charge in [0.2, 0.25) is 0 Å². The van der Waals surface area contributed by atoms with Crippen molar-refractivity contribution in [3.63, 3.8) is 0 Å². The molecule has 1 aliphatic rings. The molecule has 3 amide bonds. The highest BCUT2D eigenvalue weighted by Gasteiger charge is 2.31. The van der Waals surface area contributed by atoms with Gasteiger partial charge in [0.05, 0.1) is 35.2 Å². The van der Waals surface area contributed by atoms with Gasteiger partial charge in [-0.05, 0) is 31.5 Å². The second-order valence-electron chi connectivity index (χ2n) is 6.79. The molecule has 4 rings (SSSR count). The Hall–Kier alpha value is -3.55. The number of hydrogen-bond donors (Lipinski definition) is 4. The first-order valence-electron chi connectivity index (χ1n) is 9.05. The summed E-state index contributed by atoms with van der Waals surface area (Å²) in [4.78, 5) is 32.5. The summed E-state index contributed by atoms with van der Waals surface area (Å²) in [6.07, 6.45) is 3.61. The molecule has 1 aromatic carbocycles. The minimum Gasteiger partial charge on any atom is -0.472 e. The van der Waals surface area contributed by atoms with Crippen molar-refractivity contribution < 1.29 is 14.0 Å². The van der Waals surface area contributed by atoms with Crippen molar-refractivity contribution in [1.29, 1.82) is 0 Å². The highest BCUT2D eigenvalue weighted by molar-refractivity contribution is 5.98. The van der Waals surface area contributed by atoms with Gasteiger partial charge in [-0.3, -0.25) is 4.79 Å². The molecule has 3 aromatic rings. The molecule has 0 fully saturated rings. The summed E-state index contributed by atoms with van der Waals surface area (Å²) in [6.45, 7) is 4.15. The second-order valence-corrected chi connectivity index (χ2v) is 6.79. The molecule has 3 heterocycles. The van der Waals surface area contributed by atoms with Crippen molar-refractivity contribution in [1.82, 2.24) is 25.9 Å². The summed E-state index contributed by atoms with van der Waals surface area (Å²) in [7, 11) is 0. The fourth-order valence-electron chi connectivity index (χ4n) is 3.42. The number of rotatable bonds is 5. The number of hydrogen-bond acceptors (Lipinski definition) is 4. The lowest BCUT2D eigenvalue weighted by atomic mass is 9.97. The average molecular weight is 379 g/mol. The first-order valence-corrected chi connectivity index (χ1v) is 9.05. The molecule has 28 heavy (non-hydrogen) atoms. The number of amides is 3. The highest BCUT2D eigenvalue weighted by atomic mass is 16.3. The maximum Gasteiger partial charge on any atom is 0.319 e. The predicted molar refractivity (Wildman–Crippen MR) is 103 cm³/mol. The standard InChI is InChI=1S/C20H21N5O3/c1-11-4-3-5-14-17(11)24-15(23-14)6-8-21-19(26)16-12(2)22-20(27)25-18(16)13-7-9-28-10-13/h3-5,7,9-10,18H,6,8H2,1-2H3,(H,21,26)(H,23,24)(H2,22,25,27)/t18-/m0/s1. The molecule has 1 atom stereocenters. The molecule has 1 aliphatic heterocycles. The number of nitrogens with zero attached hydrogens (tertiary/aromatic N) is 1. The monoisotopic (exact) mass is 379 g/mol. The van der Waals surface area contributed by atoms with Crippen LogP contribution in [0.15, 0.2) is 52.5 Å². The summed E-state index contributed by atoms with van der Waals surface area (Å²) in [5.41, 5.74) is 4.73. The van der Waals surface area contributed by atoms with Crippen molar-refractivity contribution >= 4 is 23.0 Å². The third-order valence-corrected chi connectivity index (χ3v) is 4.80. The molecule has 2 aromatic heterocycles. The Morgan fingerprint density at radius 2 is 2.14 bits per heavy atom. The SMILES string of the molecule is CC1=C(C(=O)NCCc2nc3c(C)cccc3[nH]2)[C@H](c2ccoc2)NC(=O)N1. The molecular weight excluding hydrogens is 358 g/mol. The van der Waals surface area contributed by atoms with Gasteiger partial charge in [-0.25, -0.2) is 9.78 Å². The predicted octanol–water partition coefficient (Wildman–Crippen LogP) is 2.45. The van der Waals surface area contributed by atoms with Crippen LogP contribution in [0.1, 0.15) is 29.9 Å². The second kappa shape index (κ2) is 7.22. The fraction of sp³-hybridized carbons (Fsp3) is 0.250. The molecule has 0 radical (unpaired) electrons. The number of urea groups is 1. The van der Waals surface area contributed by atoms with E-state index in [1.807, 2.05) is 25.1 Å². The molecule has 8 nitrogen and oxygen atoms in total. The number of aromatic amines is 1. The van der Waals surface area contributed by atoms with E-state index in [0.717, 1.165) is 22.4 Å². The van der Waals surface area contributed by atoms with Crippen LogP contribution in [0.4, 0.5) is 4.79 Å². The van der Waals surface area contributed by atoms with E-state index in [0.29, 0.717) is 29.8 Å². The maximum absolute atomic E-state index is 12.8. The van der Waals surface area contributed by atoms with Crippen LogP contribution in [0.5, 0.6) is 0 Å². The Bertz CT molecular complexity index is 1060. The van der Waals surface area contributed by atoms with Gasteiger partial charge in [0.1, 0.15) is 5.82 Å². The van der Waals surface area contributed by atoms with Gasteiger partial charge in [0, 0.05) is 24.2 Å². The number of carbonyl (C=O) groups excluding carboxylic acids is 2. The minimum atomic E-state index is -0.554. The van der Waals surface area contributed by atoms with Gasteiger partial charge in [-0.15, -0.1) is 0 Å². The van der Waals surface area contributed by atoms with Crippen LogP contribution in [-0.2, 0) is 11.2 Å². The van der Waals surface area contributed by atoms with Crippen LogP contribution in [0.25, 0.3) is 11.0 Å². The number of aromatic nitrogens is 2. The summed E-state index contributed by atoms with van der Waals surface area (Å²) in [5.74, 6) is 0.570. The number of fused-ring (bicyclic) bond motifs is 1. The molecule has 0 aliphatic carbocycles. The average Bonchev–Trinajstić information content (AvgIpc) is 3.31. The van der Waals surface area contributed by atoms with Crippen LogP contribution in [-0.4, -0.2) is 28.5 Å². The summed E-state index contributed by atoms with van der Waals surface area (Å²) >= 11 is 0. The molecule has 0 spiro atoms. The summed E-state index contributed by atoms with van der Waals surface area (Å²) in [6, 6.07) is 6.81. The third kappa shape index (κ3) is 3.36. The topological polar surface area (TPSA) is 112 Å². The molecular formula is C20H21N5O3. The molecule has 0 saturated heterocycles. The van der Waals surface area contributed by atoms with Crippen LogP contribution in [0.2, 0.25) is 0 Å². The van der Waals surface area contributed by atoms with Gasteiger partial charge in [0.25, 0.3) is 5.91 Å². The Kier molecular flexibility index (Phi) is 4.60. The Labute approximate surface area is 161 Å².